The molecule has 0 spiro atoms. The molecule has 2 aliphatic rings. The minimum Gasteiger partial charge on any atom is -0.489 e. The van der Waals surface area contributed by atoms with E-state index in [0.29, 0.717) is 35.1 Å². The molecule has 2 atom stereocenters. The number of methoxy groups -OCH3 is 1. The molecule has 1 fully saturated rings. The van der Waals surface area contributed by atoms with Gasteiger partial charge in [0, 0.05) is 12.1 Å². The average molecular weight is 492 g/mol. The summed E-state index contributed by atoms with van der Waals surface area (Å²) in [5.74, 6) is 0.196. The molecule has 3 aromatic rings. The normalized spacial score (nSPS) is 19.1. The Morgan fingerprint density at radius 2 is 1.91 bits per heavy atom. The number of benzene rings is 3. The van der Waals surface area contributed by atoms with Crippen LogP contribution in [-0.2, 0) is 17.9 Å². The Kier molecular flexibility index (Phi) is 6.50. The van der Waals surface area contributed by atoms with E-state index in [1.165, 1.54) is 7.11 Å². The summed E-state index contributed by atoms with van der Waals surface area (Å²) < 4.78 is 10.9. The van der Waals surface area contributed by atoms with E-state index in [4.69, 9.17) is 21.1 Å². The third kappa shape index (κ3) is 4.64. The molecule has 0 aromatic heterocycles. The van der Waals surface area contributed by atoms with E-state index in [9.17, 15) is 14.7 Å². The SMILES string of the molecule is COC(=O)c1cc(-c2cccc(COc3ccc4c(c3)CN(C3CCCC3O)C4=O)c2)ccc1Cl. The number of halogens is 1. The Bertz CT molecular complexity index is 1290. The summed E-state index contributed by atoms with van der Waals surface area (Å²) in [6, 6.07) is 18.6. The number of fused-ring (bicyclic) bond motifs is 1. The average Bonchev–Trinajstić information content (AvgIpc) is 3.44. The third-order valence-electron chi connectivity index (χ3n) is 6.79. The molecule has 180 valence electrons. The number of amides is 1. The van der Waals surface area contributed by atoms with Crippen molar-refractivity contribution in [2.75, 3.05) is 7.11 Å². The van der Waals surface area contributed by atoms with E-state index < -0.39 is 12.1 Å². The third-order valence-corrected chi connectivity index (χ3v) is 7.12. The molecule has 0 bridgehead atoms. The summed E-state index contributed by atoms with van der Waals surface area (Å²) in [5.41, 5.74) is 4.67. The number of hydrogen-bond donors (Lipinski definition) is 1. The summed E-state index contributed by atoms with van der Waals surface area (Å²) >= 11 is 6.15. The number of hydrogen-bond acceptors (Lipinski definition) is 5. The Balaban J connectivity index is 1.29. The smallest absolute Gasteiger partial charge is 0.339 e. The first-order chi connectivity index (χ1) is 16.9. The van der Waals surface area contributed by atoms with Gasteiger partial charge in [0.15, 0.2) is 0 Å². The van der Waals surface area contributed by atoms with Crippen LogP contribution in [0.4, 0.5) is 0 Å². The summed E-state index contributed by atoms with van der Waals surface area (Å²) in [6.45, 7) is 0.852. The highest BCUT2D eigenvalue weighted by molar-refractivity contribution is 6.33. The molecule has 1 amide bonds. The van der Waals surface area contributed by atoms with Crippen LogP contribution in [0.25, 0.3) is 11.1 Å². The lowest BCUT2D eigenvalue weighted by molar-refractivity contribution is 0.0479. The first-order valence-electron chi connectivity index (χ1n) is 11.7. The van der Waals surface area contributed by atoms with Gasteiger partial charge in [-0.2, -0.15) is 0 Å². The van der Waals surface area contributed by atoms with Crippen molar-refractivity contribution in [1.29, 1.82) is 0 Å². The molecule has 0 radical (unpaired) electrons. The maximum absolute atomic E-state index is 12.8. The van der Waals surface area contributed by atoms with Crippen LogP contribution in [-0.4, -0.2) is 41.1 Å². The van der Waals surface area contributed by atoms with Crippen molar-refractivity contribution in [2.24, 2.45) is 0 Å². The Hall–Kier alpha value is -3.35. The number of aliphatic hydroxyl groups is 1. The minimum absolute atomic E-state index is 0.0144. The lowest BCUT2D eigenvalue weighted by Crippen LogP contribution is -2.40. The van der Waals surface area contributed by atoms with Gasteiger partial charge in [0.05, 0.1) is 29.8 Å². The summed E-state index contributed by atoms with van der Waals surface area (Å²) in [6.07, 6.45) is 2.09. The zero-order valence-electron chi connectivity index (χ0n) is 19.4. The Morgan fingerprint density at radius 3 is 2.69 bits per heavy atom. The molecule has 5 rings (SSSR count). The van der Waals surface area contributed by atoms with Crippen molar-refractivity contribution < 1.29 is 24.2 Å². The second-order valence-corrected chi connectivity index (χ2v) is 9.40. The van der Waals surface area contributed by atoms with Crippen LogP contribution in [0, 0.1) is 0 Å². The number of aliphatic hydroxyl groups excluding tert-OH is 1. The second-order valence-electron chi connectivity index (χ2n) is 8.99. The van der Waals surface area contributed by atoms with Crippen molar-refractivity contribution in [3.63, 3.8) is 0 Å². The Morgan fingerprint density at radius 1 is 1.09 bits per heavy atom. The van der Waals surface area contributed by atoms with Crippen LogP contribution in [0.3, 0.4) is 0 Å². The topological polar surface area (TPSA) is 76.1 Å². The van der Waals surface area contributed by atoms with Gasteiger partial charge in [-0.15, -0.1) is 0 Å². The van der Waals surface area contributed by atoms with Gasteiger partial charge in [-0.3, -0.25) is 4.79 Å². The molecule has 7 heteroatoms. The highest BCUT2D eigenvalue weighted by Crippen LogP contribution is 2.34. The molecule has 6 nitrogen and oxygen atoms in total. The number of nitrogens with zero attached hydrogens (tertiary/aromatic N) is 1. The first-order valence-corrected chi connectivity index (χ1v) is 12.0. The van der Waals surface area contributed by atoms with E-state index in [1.807, 2.05) is 48.5 Å². The largest absolute Gasteiger partial charge is 0.489 e. The molecule has 1 N–H and O–H groups in total. The molecule has 2 unspecified atom stereocenters. The fourth-order valence-corrected chi connectivity index (χ4v) is 5.13. The lowest BCUT2D eigenvalue weighted by atomic mass is 10.0. The summed E-state index contributed by atoms with van der Waals surface area (Å²) in [4.78, 5) is 26.6. The zero-order valence-corrected chi connectivity index (χ0v) is 20.1. The highest BCUT2D eigenvalue weighted by atomic mass is 35.5. The van der Waals surface area contributed by atoms with Crippen molar-refractivity contribution in [3.8, 4) is 16.9 Å². The molecule has 1 saturated carbocycles. The molecule has 35 heavy (non-hydrogen) atoms. The van der Waals surface area contributed by atoms with Gasteiger partial charge in [0.1, 0.15) is 12.4 Å². The van der Waals surface area contributed by atoms with Crippen LogP contribution < -0.4 is 4.74 Å². The van der Waals surface area contributed by atoms with Crippen molar-refractivity contribution in [2.45, 2.75) is 44.6 Å². The van der Waals surface area contributed by atoms with Gasteiger partial charge in [-0.25, -0.2) is 4.79 Å². The predicted octanol–water partition coefficient (Wildman–Crippen LogP) is 5.24. The van der Waals surface area contributed by atoms with E-state index in [2.05, 4.69) is 0 Å². The number of carbonyl (C=O) groups is 2. The molecular weight excluding hydrogens is 466 g/mol. The van der Waals surface area contributed by atoms with E-state index in [0.717, 1.165) is 41.5 Å². The van der Waals surface area contributed by atoms with E-state index in [1.54, 1.807) is 17.0 Å². The molecule has 3 aromatic carbocycles. The van der Waals surface area contributed by atoms with Gasteiger partial charge in [-0.1, -0.05) is 35.9 Å². The monoisotopic (exact) mass is 491 g/mol. The van der Waals surface area contributed by atoms with Crippen molar-refractivity contribution in [1.82, 2.24) is 4.90 Å². The summed E-state index contributed by atoms with van der Waals surface area (Å²) in [7, 11) is 1.33. The van der Waals surface area contributed by atoms with Crippen LogP contribution in [0.2, 0.25) is 5.02 Å². The number of esters is 1. The summed E-state index contributed by atoms with van der Waals surface area (Å²) in [5, 5.41) is 10.6. The van der Waals surface area contributed by atoms with Crippen molar-refractivity contribution >= 4 is 23.5 Å². The van der Waals surface area contributed by atoms with Crippen molar-refractivity contribution in [3.05, 3.63) is 87.9 Å². The van der Waals surface area contributed by atoms with Crippen LogP contribution in [0.1, 0.15) is 51.1 Å². The van der Waals surface area contributed by atoms with Gasteiger partial charge >= 0.3 is 5.97 Å². The fraction of sp³-hybridized carbons (Fsp3) is 0.286. The fourth-order valence-electron chi connectivity index (χ4n) is 4.94. The minimum atomic E-state index is -0.479. The maximum atomic E-state index is 12.8. The quantitative estimate of drug-likeness (QED) is 0.477. The van der Waals surface area contributed by atoms with Crippen LogP contribution >= 0.6 is 11.6 Å². The molecule has 0 saturated heterocycles. The lowest BCUT2D eigenvalue weighted by Gasteiger charge is -2.26. The van der Waals surface area contributed by atoms with Crippen LogP contribution in [0.15, 0.2) is 60.7 Å². The standard InChI is InChI=1S/C28H26ClNO5/c1-34-28(33)23-14-19(8-11-24(23)29)18-5-2-4-17(12-18)16-35-21-9-10-22-20(13-21)15-30(27(22)32)25-6-3-7-26(25)31/h2,4-5,8-14,25-26,31H,3,6-7,15-16H2,1H3. The highest BCUT2D eigenvalue weighted by Gasteiger charge is 2.38. The number of rotatable bonds is 6. The zero-order chi connectivity index (χ0) is 24.5. The van der Waals surface area contributed by atoms with Gasteiger partial charge in [-0.05, 0) is 77.9 Å². The molecular formula is C28H26ClNO5. The molecule has 1 aliphatic carbocycles. The van der Waals surface area contributed by atoms with Crippen LogP contribution in [0.5, 0.6) is 5.75 Å². The van der Waals surface area contributed by atoms with Gasteiger partial charge < -0.3 is 19.5 Å². The predicted molar refractivity (Wildman–Crippen MR) is 133 cm³/mol. The Labute approximate surface area is 209 Å². The van der Waals surface area contributed by atoms with E-state index >= 15 is 0 Å². The number of ether oxygens (including phenoxy) is 2. The molecule has 1 aliphatic heterocycles. The van der Waals surface area contributed by atoms with Gasteiger partial charge in [0.25, 0.3) is 5.91 Å². The maximum Gasteiger partial charge on any atom is 0.339 e. The molecule has 1 heterocycles. The van der Waals surface area contributed by atoms with E-state index in [-0.39, 0.29) is 11.9 Å². The van der Waals surface area contributed by atoms with Gasteiger partial charge in [0.2, 0.25) is 0 Å². The number of carbonyl (C=O) groups excluding carboxylic acids is 2. The first kappa shape index (κ1) is 23.4. The second kappa shape index (κ2) is 9.72.